The van der Waals surface area contributed by atoms with E-state index in [1.165, 1.54) is 16.6 Å². The minimum absolute atomic E-state index is 0.0566. The number of morpholine rings is 1. The van der Waals surface area contributed by atoms with Crippen LogP contribution in [-0.4, -0.2) is 53.7 Å². The largest absolute Gasteiger partial charge is 0.391 e. The predicted molar refractivity (Wildman–Crippen MR) is 63.9 cm³/mol. The van der Waals surface area contributed by atoms with Gasteiger partial charge < -0.3 is 10.5 Å². The smallest absolute Gasteiger partial charge is 0.260 e. The number of rotatable bonds is 3. The highest BCUT2D eigenvalue weighted by Gasteiger charge is 2.32. The summed E-state index contributed by atoms with van der Waals surface area (Å²) >= 11 is 4.80. The van der Waals surface area contributed by atoms with E-state index in [0.29, 0.717) is 0 Å². The van der Waals surface area contributed by atoms with Crippen molar-refractivity contribution in [1.82, 2.24) is 14.5 Å². The Morgan fingerprint density at radius 2 is 2.47 bits per heavy atom. The molecule has 2 rings (SSSR count). The second kappa shape index (κ2) is 4.69. The fraction of sp³-hybridized carbons (Fsp3) is 0.500. The van der Waals surface area contributed by atoms with E-state index in [1.807, 2.05) is 0 Å². The lowest BCUT2D eigenvalue weighted by molar-refractivity contribution is 0.0385. The molecule has 0 aromatic carbocycles. The van der Waals surface area contributed by atoms with Crippen LogP contribution in [0.2, 0.25) is 0 Å². The summed E-state index contributed by atoms with van der Waals surface area (Å²) in [6.07, 6.45) is 0.856. The van der Waals surface area contributed by atoms with Crippen molar-refractivity contribution in [2.45, 2.75) is 11.1 Å². The van der Waals surface area contributed by atoms with Gasteiger partial charge in [0.25, 0.3) is 10.0 Å². The van der Waals surface area contributed by atoms with E-state index in [1.54, 1.807) is 0 Å². The molecule has 3 N–H and O–H groups in total. The summed E-state index contributed by atoms with van der Waals surface area (Å²) in [5.74, 6) is 0. The molecule has 7 nitrogen and oxygen atoms in total. The normalized spacial score (nSPS) is 22.5. The highest BCUT2D eigenvalue weighted by Crippen LogP contribution is 2.16. The zero-order valence-electron chi connectivity index (χ0n) is 8.87. The van der Waals surface area contributed by atoms with Crippen molar-refractivity contribution >= 4 is 27.2 Å². The van der Waals surface area contributed by atoms with Gasteiger partial charge in [0.1, 0.15) is 11.1 Å². The van der Waals surface area contributed by atoms with Crippen LogP contribution in [-0.2, 0) is 14.8 Å². The van der Waals surface area contributed by atoms with Crippen LogP contribution in [0, 0.1) is 0 Å². The minimum Gasteiger partial charge on any atom is -0.391 e. The third-order valence-corrected chi connectivity index (χ3v) is 4.50. The van der Waals surface area contributed by atoms with Gasteiger partial charge in [0.05, 0.1) is 12.8 Å². The Labute approximate surface area is 104 Å². The van der Waals surface area contributed by atoms with Crippen molar-refractivity contribution in [1.29, 1.82) is 0 Å². The molecule has 1 aliphatic heterocycles. The number of aromatic nitrogens is 2. The summed E-state index contributed by atoms with van der Waals surface area (Å²) in [7, 11) is -3.57. The lowest BCUT2D eigenvalue weighted by atomic mass is 10.3. The first-order valence-corrected chi connectivity index (χ1v) is 6.77. The van der Waals surface area contributed by atoms with Crippen LogP contribution in [0.4, 0.5) is 0 Å². The summed E-state index contributed by atoms with van der Waals surface area (Å²) in [4.78, 5) is 0.162. The molecule has 1 atom stereocenters. The van der Waals surface area contributed by atoms with Gasteiger partial charge in [0, 0.05) is 13.1 Å². The van der Waals surface area contributed by atoms with Gasteiger partial charge in [-0.05, 0) is 6.07 Å². The molecule has 0 amide bonds. The number of H-pyrrole nitrogens is 1. The number of aromatic amines is 1. The zero-order valence-corrected chi connectivity index (χ0v) is 10.5. The summed E-state index contributed by atoms with van der Waals surface area (Å²) in [6, 6.07) is 1.40. The fourth-order valence-corrected chi connectivity index (χ4v) is 3.01. The van der Waals surface area contributed by atoms with E-state index < -0.39 is 16.1 Å². The van der Waals surface area contributed by atoms with Gasteiger partial charge in [-0.1, -0.05) is 12.2 Å². The third-order valence-electron chi connectivity index (χ3n) is 2.44. The van der Waals surface area contributed by atoms with Crippen LogP contribution in [0.15, 0.2) is 17.3 Å². The number of hydrogen-bond acceptors (Lipinski definition) is 5. The van der Waals surface area contributed by atoms with Crippen LogP contribution >= 0.6 is 12.2 Å². The van der Waals surface area contributed by atoms with Crippen LogP contribution in [0.25, 0.3) is 0 Å². The van der Waals surface area contributed by atoms with Crippen molar-refractivity contribution in [2.24, 2.45) is 5.73 Å². The van der Waals surface area contributed by atoms with E-state index in [-0.39, 0.29) is 29.7 Å². The van der Waals surface area contributed by atoms with E-state index in [9.17, 15) is 8.42 Å². The summed E-state index contributed by atoms with van der Waals surface area (Å²) < 4.78 is 30.8. The maximum absolute atomic E-state index is 12.1. The highest BCUT2D eigenvalue weighted by atomic mass is 32.2. The molecule has 1 fully saturated rings. The van der Waals surface area contributed by atoms with E-state index >= 15 is 0 Å². The molecule has 0 radical (unpaired) electrons. The van der Waals surface area contributed by atoms with Gasteiger partial charge in [-0.15, -0.1) is 0 Å². The topological polar surface area (TPSA) is 101 Å². The molecule has 1 aromatic heterocycles. The zero-order chi connectivity index (χ0) is 12.5. The second-order valence-electron chi connectivity index (χ2n) is 3.55. The monoisotopic (exact) mass is 276 g/mol. The molecule has 94 valence electrons. The average Bonchev–Trinajstić information content (AvgIpc) is 2.83. The first-order valence-electron chi connectivity index (χ1n) is 4.92. The van der Waals surface area contributed by atoms with Crippen molar-refractivity contribution in [3.05, 3.63) is 12.3 Å². The standard InChI is InChI=1S/C8H12N4O3S2/c9-8(16)6-5-12(3-4-15-6)17(13,14)7-1-2-10-11-7/h1-2,6H,3-5H2,(H2,9,16)(H,10,11). The van der Waals surface area contributed by atoms with Crippen LogP contribution in [0.5, 0.6) is 0 Å². The third kappa shape index (κ3) is 2.46. The lowest BCUT2D eigenvalue weighted by Gasteiger charge is -2.30. The minimum atomic E-state index is -3.57. The maximum Gasteiger partial charge on any atom is 0.260 e. The highest BCUT2D eigenvalue weighted by molar-refractivity contribution is 7.89. The first kappa shape index (κ1) is 12.4. The first-order chi connectivity index (χ1) is 8.01. The molecule has 1 unspecified atom stereocenters. The molecule has 17 heavy (non-hydrogen) atoms. The lowest BCUT2D eigenvalue weighted by Crippen LogP contribution is -2.49. The van der Waals surface area contributed by atoms with Crippen molar-refractivity contribution in [2.75, 3.05) is 19.7 Å². The number of nitrogens with zero attached hydrogens (tertiary/aromatic N) is 2. The van der Waals surface area contributed by atoms with E-state index in [0.717, 1.165) is 0 Å². The van der Waals surface area contributed by atoms with Crippen LogP contribution in [0.3, 0.4) is 0 Å². The van der Waals surface area contributed by atoms with E-state index in [2.05, 4.69) is 10.2 Å². The number of nitrogens with two attached hydrogens (primary N) is 1. The number of nitrogens with one attached hydrogen (secondary N) is 1. The van der Waals surface area contributed by atoms with Gasteiger partial charge in [-0.2, -0.15) is 9.40 Å². The molecule has 0 spiro atoms. The van der Waals surface area contributed by atoms with Crippen molar-refractivity contribution in [3.8, 4) is 0 Å². The molecular weight excluding hydrogens is 264 g/mol. The Balaban J connectivity index is 2.20. The fourth-order valence-electron chi connectivity index (χ4n) is 1.54. The molecule has 2 heterocycles. The Morgan fingerprint density at radius 3 is 3.06 bits per heavy atom. The summed E-state index contributed by atoms with van der Waals surface area (Å²) in [6.45, 7) is 0.687. The summed E-state index contributed by atoms with van der Waals surface area (Å²) in [5.41, 5.74) is 5.46. The van der Waals surface area contributed by atoms with E-state index in [4.69, 9.17) is 22.7 Å². The number of sulfonamides is 1. The molecule has 1 aromatic rings. The molecule has 1 saturated heterocycles. The van der Waals surface area contributed by atoms with Crippen molar-refractivity contribution < 1.29 is 13.2 Å². The Kier molecular flexibility index (Phi) is 3.43. The molecular formula is C8H12N4O3S2. The SMILES string of the molecule is NC(=S)C1CN(S(=O)(=O)c2ccn[nH]2)CCO1. The predicted octanol–water partition coefficient (Wildman–Crippen LogP) is -0.915. The number of hydrogen-bond donors (Lipinski definition) is 2. The van der Waals surface area contributed by atoms with Gasteiger partial charge >= 0.3 is 0 Å². The van der Waals surface area contributed by atoms with Crippen molar-refractivity contribution in [3.63, 3.8) is 0 Å². The molecule has 0 saturated carbocycles. The van der Waals surface area contributed by atoms with Gasteiger partial charge in [0.2, 0.25) is 0 Å². The Bertz CT molecular complexity index is 499. The quantitative estimate of drug-likeness (QED) is 0.693. The van der Waals surface area contributed by atoms with Gasteiger partial charge in [0.15, 0.2) is 5.03 Å². The Hall–Kier alpha value is -1.03. The molecule has 1 aliphatic rings. The Morgan fingerprint density at radius 1 is 1.71 bits per heavy atom. The van der Waals surface area contributed by atoms with Gasteiger partial charge in [-0.25, -0.2) is 8.42 Å². The number of ether oxygens (including phenoxy) is 1. The van der Waals surface area contributed by atoms with Gasteiger partial charge in [-0.3, -0.25) is 5.10 Å². The molecule has 0 aliphatic carbocycles. The van der Waals surface area contributed by atoms with Crippen LogP contribution < -0.4 is 5.73 Å². The second-order valence-corrected chi connectivity index (χ2v) is 5.92. The van der Waals surface area contributed by atoms with Crippen LogP contribution in [0.1, 0.15) is 0 Å². The average molecular weight is 276 g/mol. The molecule has 0 bridgehead atoms. The summed E-state index contributed by atoms with van der Waals surface area (Å²) in [5, 5.41) is 6.12. The number of thiocarbonyl (C=S) groups is 1. The maximum atomic E-state index is 12.1. The molecule has 9 heteroatoms.